The maximum absolute atomic E-state index is 12.1. The third-order valence-corrected chi connectivity index (χ3v) is 3.53. The quantitative estimate of drug-likeness (QED) is 0.743. The van der Waals surface area contributed by atoms with E-state index < -0.39 is 5.97 Å². The summed E-state index contributed by atoms with van der Waals surface area (Å²) in [6.07, 6.45) is 4.64. The number of H-pyrrole nitrogens is 1. The Balaban J connectivity index is 1.74. The molecule has 1 unspecified atom stereocenters. The van der Waals surface area contributed by atoms with Crippen LogP contribution in [-0.2, 0) is 9.53 Å². The first-order chi connectivity index (χ1) is 10.1. The molecule has 1 aromatic rings. The van der Waals surface area contributed by atoms with Gasteiger partial charge in [0.2, 0.25) is 0 Å². The average Bonchev–Trinajstić information content (AvgIpc) is 3.00. The Bertz CT molecular complexity index is 469. The van der Waals surface area contributed by atoms with Gasteiger partial charge in [-0.3, -0.25) is 5.10 Å². The third kappa shape index (κ3) is 4.45. The second-order valence-corrected chi connectivity index (χ2v) is 5.09. The highest BCUT2D eigenvalue weighted by molar-refractivity contribution is 5.74. The molecule has 1 atom stereocenters. The number of nitrogens with zero attached hydrogens (tertiary/aromatic N) is 2. The molecule has 0 aliphatic carbocycles. The van der Waals surface area contributed by atoms with E-state index >= 15 is 0 Å². The first-order valence-electron chi connectivity index (χ1n) is 6.93. The zero-order chi connectivity index (χ0) is 15.2. The molecule has 0 radical (unpaired) electrons. The molecule has 1 saturated heterocycles. The van der Waals surface area contributed by atoms with Crippen LogP contribution in [0.4, 0.5) is 4.79 Å². The lowest BCUT2D eigenvalue weighted by atomic mass is 10.1. The van der Waals surface area contributed by atoms with Crippen LogP contribution in [0.2, 0.25) is 0 Å². The largest absolute Gasteiger partial charge is 0.480 e. The van der Waals surface area contributed by atoms with Crippen LogP contribution in [0.5, 0.6) is 0 Å². The first kappa shape index (κ1) is 15.3. The maximum atomic E-state index is 12.1. The fourth-order valence-corrected chi connectivity index (χ4v) is 2.27. The van der Waals surface area contributed by atoms with Crippen LogP contribution in [0.25, 0.3) is 0 Å². The smallest absolute Gasteiger partial charge is 0.329 e. The van der Waals surface area contributed by atoms with Crippen LogP contribution in [-0.4, -0.2) is 58.0 Å². The Kier molecular flexibility index (Phi) is 5.15. The summed E-state index contributed by atoms with van der Waals surface area (Å²) in [7, 11) is 0. The lowest BCUT2D eigenvalue weighted by Crippen LogP contribution is -2.46. The number of carbonyl (C=O) groups is 2. The van der Waals surface area contributed by atoms with Gasteiger partial charge in [0, 0.05) is 24.8 Å². The molecule has 116 valence electrons. The number of urea groups is 1. The summed E-state index contributed by atoms with van der Waals surface area (Å²) in [6, 6.07) is -0.238. The topological polar surface area (TPSA) is 108 Å². The molecular formula is C13H20N4O4. The Morgan fingerprint density at radius 3 is 2.86 bits per heavy atom. The van der Waals surface area contributed by atoms with Crippen molar-refractivity contribution in [1.29, 1.82) is 0 Å². The van der Waals surface area contributed by atoms with Crippen LogP contribution in [0.3, 0.4) is 0 Å². The highest BCUT2D eigenvalue weighted by Crippen LogP contribution is 2.15. The number of carboxylic acids is 1. The van der Waals surface area contributed by atoms with Crippen molar-refractivity contribution in [3.8, 4) is 0 Å². The summed E-state index contributed by atoms with van der Waals surface area (Å²) >= 11 is 0. The van der Waals surface area contributed by atoms with Crippen molar-refractivity contribution >= 4 is 12.0 Å². The predicted molar refractivity (Wildman–Crippen MR) is 73.7 cm³/mol. The van der Waals surface area contributed by atoms with E-state index in [4.69, 9.17) is 9.84 Å². The molecule has 0 spiro atoms. The summed E-state index contributed by atoms with van der Waals surface area (Å²) in [4.78, 5) is 24.3. The summed E-state index contributed by atoms with van der Waals surface area (Å²) in [5, 5.41) is 18.0. The predicted octanol–water partition coefficient (Wildman–Crippen LogP) is 0.746. The minimum Gasteiger partial charge on any atom is -0.480 e. The minimum atomic E-state index is -0.968. The molecule has 21 heavy (non-hydrogen) atoms. The normalized spacial score (nSPS) is 17.5. The lowest BCUT2D eigenvalue weighted by Gasteiger charge is -2.32. The van der Waals surface area contributed by atoms with Gasteiger partial charge in [0.1, 0.15) is 6.61 Å². The highest BCUT2D eigenvalue weighted by atomic mass is 16.5. The number of carboxylic acid groups (broad SMARTS) is 1. The molecule has 1 aliphatic heterocycles. The van der Waals surface area contributed by atoms with Gasteiger partial charge in [0.05, 0.1) is 18.3 Å². The van der Waals surface area contributed by atoms with Crippen molar-refractivity contribution in [3.05, 3.63) is 18.0 Å². The maximum Gasteiger partial charge on any atom is 0.329 e. The van der Waals surface area contributed by atoms with Gasteiger partial charge in [0.15, 0.2) is 0 Å². The Labute approximate surface area is 122 Å². The van der Waals surface area contributed by atoms with Crippen molar-refractivity contribution in [3.63, 3.8) is 0 Å². The minimum absolute atomic E-state index is 0.0866. The van der Waals surface area contributed by atoms with Crippen LogP contribution in [0.1, 0.15) is 31.4 Å². The molecule has 0 saturated carbocycles. The summed E-state index contributed by atoms with van der Waals surface area (Å²) in [5.74, 6) is -0.968. The second-order valence-electron chi connectivity index (χ2n) is 5.09. The second kappa shape index (κ2) is 7.07. The van der Waals surface area contributed by atoms with Crippen molar-refractivity contribution < 1.29 is 19.4 Å². The first-order valence-corrected chi connectivity index (χ1v) is 6.93. The van der Waals surface area contributed by atoms with Gasteiger partial charge in [0.25, 0.3) is 0 Å². The van der Waals surface area contributed by atoms with E-state index in [0.717, 1.165) is 5.56 Å². The summed E-state index contributed by atoms with van der Waals surface area (Å²) in [6.45, 7) is 2.74. The Morgan fingerprint density at radius 2 is 2.29 bits per heavy atom. The number of likely N-dealkylation sites (tertiary alicyclic amines) is 1. The molecule has 1 fully saturated rings. The van der Waals surface area contributed by atoms with Gasteiger partial charge in [-0.2, -0.15) is 5.10 Å². The zero-order valence-corrected chi connectivity index (χ0v) is 11.9. The molecule has 0 bridgehead atoms. The molecule has 3 N–H and O–H groups in total. The number of rotatable bonds is 5. The highest BCUT2D eigenvalue weighted by Gasteiger charge is 2.24. The van der Waals surface area contributed by atoms with Crippen LogP contribution in [0, 0.1) is 0 Å². The number of amides is 2. The summed E-state index contributed by atoms with van der Waals surface area (Å²) in [5.41, 5.74) is 0.919. The zero-order valence-electron chi connectivity index (χ0n) is 11.9. The average molecular weight is 296 g/mol. The fourth-order valence-electron chi connectivity index (χ4n) is 2.27. The molecule has 1 aromatic heterocycles. The van der Waals surface area contributed by atoms with Gasteiger partial charge in [-0.05, 0) is 19.8 Å². The lowest BCUT2D eigenvalue weighted by molar-refractivity contribution is -0.145. The third-order valence-electron chi connectivity index (χ3n) is 3.53. The van der Waals surface area contributed by atoms with E-state index in [0.29, 0.717) is 25.9 Å². The van der Waals surface area contributed by atoms with E-state index in [1.54, 1.807) is 17.3 Å². The number of ether oxygens (including phenoxy) is 1. The van der Waals surface area contributed by atoms with Gasteiger partial charge < -0.3 is 20.1 Å². The Hall–Kier alpha value is -2.09. The number of hydrogen-bond acceptors (Lipinski definition) is 4. The van der Waals surface area contributed by atoms with Gasteiger partial charge in [-0.25, -0.2) is 9.59 Å². The van der Waals surface area contributed by atoms with E-state index in [1.807, 2.05) is 6.92 Å². The monoisotopic (exact) mass is 296 g/mol. The van der Waals surface area contributed by atoms with E-state index in [9.17, 15) is 9.59 Å². The molecule has 8 heteroatoms. The van der Waals surface area contributed by atoms with E-state index in [-0.39, 0.29) is 24.8 Å². The van der Waals surface area contributed by atoms with Crippen molar-refractivity contribution in [1.82, 2.24) is 20.4 Å². The number of hydrogen-bond donors (Lipinski definition) is 3. The van der Waals surface area contributed by atoms with Crippen LogP contribution < -0.4 is 5.32 Å². The van der Waals surface area contributed by atoms with Crippen molar-refractivity contribution in [2.45, 2.75) is 31.9 Å². The SMILES string of the molecule is CC(NC(=O)N1CCC(OCC(=O)O)CC1)c1cn[nH]c1. The molecule has 2 heterocycles. The van der Waals surface area contributed by atoms with E-state index in [2.05, 4.69) is 15.5 Å². The number of piperidine rings is 1. The van der Waals surface area contributed by atoms with Gasteiger partial charge in [-0.1, -0.05) is 0 Å². The summed E-state index contributed by atoms with van der Waals surface area (Å²) < 4.78 is 5.24. The number of aliphatic carboxylic acids is 1. The molecule has 1 aliphatic rings. The number of aromatic amines is 1. The number of aromatic nitrogens is 2. The van der Waals surface area contributed by atoms with E-state index in [1.165, 1.54) is 0 Å². The van der Waals surface area contributed by atoms with Gasteiger partial charge >= 0.3 is 12.0 Å². The molecular weight excluding hydrogens is 276 g/mol. The van der Waals surface area contributed by atoms with Crippen LogP contribution >= 0.6 is 0 Å². The van der Waals surface area contributed by atoms with Crippen LogP contribution in [0.15, 0.2) is 12.4 Å². The molecule has 0 aromatic carbocycles. The molecule has 8 nitrogen and oxygen atoms in total. The standard InChI is InChI=1S/C13H20N4O4/c1-9(10-6-14-15-7-10)16-13(20)17-4-2-11(3-5-17)21-8-12(18)19/h6-7,9,11H,2-5,8H2,1H3,(H,14,15)(H,16,20)(H,18,19). The number of carbonyl (C=O) groups excluding carboxylic acids is 1. The fraction of sp³-hybridized carbons (Fsp3) is 0.615. The van der Waals surface area contributed by atoms with Crippen molar-refractivity contribution in [2.75, 3.05) is 19.7 Å². The number of nitrogens with one attached hydrogen (secondary N) is 2. The Morgan fingerprint density at radius 1 is 1.57 bits per heavy atom. The van der Waals surface area contributed by atoms with Crippen molar-refractivity contribution in [2.24, 2.45) is 0 Å². The molecule has 2 rings (SSSR count). The molecule has 2 amide bonds. The van der Waals surface area contributed by atoms with Gasteiger partial charge in [-0.15, -0.1) is 0 Å².